The lowest BCUT2D eigenvalue weighted by Crippen LogP contribution is -2.39. The normalized spacial score (nSPS) is 16.4. The van der Waals surface area contributed by atoms with Gasteiger partial charge in [0.15, 0.2) is 5.82 Å². The molecule has 1 aliphatic rings. The van der Waals surface area contributed by atoms with Crippen molar-refractivity contribution in [2.75, 3.05) is 13.2 Å². The molecule has 0 spiro atoms. The van der Waals surface area contributed by atoms with Gasteiger partial charge in [0.1, 0.15) is 11.8 Å². The minimum Gasteiger partial charge on any atom is -0.493 e. The van der Waals surface area contributed by atoms with Gasteiger partial charge >= 0.3 is 0 Å². The van der Waals surface area contributed by atoms with E-state index in [0.717, 1.165) is 42.7 Å². The largest absolute Gasteiger partial charge is 0.493 e. The number of hydrogen-bond donors (Lipinski definition) is 0. The summed E-state index contributed by atoms with van der Waals surface area (Å²) in [6.07, 6.45) is 3.85. The Morgan fingerprint density at radius 2 is 2.03 bits per heavy atom. The van der Waals surface area contributed by atoms with Crippen molar-refractivity contribution in [3.63, 3.8) is 0 Å². The molecule has 156 valence electrons. The molecule has 2 heterocycles. The smallest absolute Gasteiger partial charge is 0.249 e. The highest BCUT2D eigenvalue weighted by molar-refractivity contribution is 5.79. The predicted octanol–water partition coefficient (Wildman–Crippen LogP) is 4.30. The molecule has 6 heteroatoms. The number of nitrogens with zero attached hydrogens (tertiary/aromatic N) is 3. The molecule has 1 fully saturated rings. The monoisotopic (exact) mass is 405 g/mol. The van der Waals surface area contributed by atoms with E-state index < -0.39 is 0 Å². The molecular weight excluding hydrogens is 378 g/mol. The highest BCUT2D eigenvalue weighted by Crippen LogP contribution is 2.30. The summed E-state index contributed by atoms with van der Waals surface area (Å²) in [6.45, 7) is 3.24. The molecule has 1 saturated heterocycles. The standard InChI is InChI=1S/C24H27N3O3/c1-18-8-7-11-20(16-18)29-15-13-22-25-24(30-26-22)21-12-5-6-14-27(21)23(28)17-19-9-3-2-4-10-19/h2-4,7-11,16,21H,5-6,12-15,17H2,1H3. The van der Waals surface area contributed by atoms with E-state index in [0.29, 0.717) is 31.2 Å². The fourth-order valence-corrected chi connectivity index (χ4v) is 3.83. The van der Waals surface area contributed by atoms with Crippen molar-refractivity contribution in [2.45, 2.75) is 45.1 Å². The highest BCUT2D eigenvalue weighted by Gasteiger charge is 2.32. The molecule has 3 aromatic rings. The van der Waals surface area contributed by atoms with Crippen molar-refractivity contribution in [1.29, 1.82) is 0 Å². The number of hydrogen-bond acceptors (Lipinski definition) is 5. The number of ether oxygens (including phenoxy) is 1. The maximum Gasteiger partial charge on any atom is 0.249 e. The molecule has 1 amide bonds. The number of carbonyl (C=O) groups is 1. The van der Waals surface area contributed by atoms with Gasteiger partial charge in [-0.1, -0.05) is 47.6 Å². The molecule has 6 nitrogen and oxygen atoms in total. The SMILES string of the molecule is Cc1cccc(OCCc2noc(C3CCCCN3C(=O)Cc3ccccc3)n2)c1. The fraction of sp³-hybridized carbons (Fsp3) is 0.375. The molecule has 0 aliphatic carbocycles. The van der Waals surface area contributed by atoms with E-state index in [1.165, 1.54) is 0 Å². The second-order valence-corrected chi connectivity index (χ2v) is 7.72. The van der Waals surface area contributed by atoms with E-state index in [1.54, 1.807) is 0 Å². The van der Waals surface area contributed by atoms with E-state index in [-0.39, 0.29) is 11.9 Å². The molecule has 0 bridgehead atoms. The summed E-state index contributed by atoms with van der Waals surface area (Å²) in [4.78, 5) is 19.4. The first-order valence-corrected chi connectivity index (χ1v) is 10.5. The van der Waals surface area contributed by atoms with Crippen LogP contribution in [0.3, 0.4) is 0 Å². The Kier molecular flexibility index (Phi) is 6.42. The fourth-order valence-electron chi connectivity index (χ4n) is 3.83. The maximum absolute atomic E-state index is 12.9. The van der Waals surface area contributed by atoms with Gasteiger partial charge in [0.05, 0.1) is 13.0 Å². The molecule has 30 heavy (non-hydrogen) atoms. The number of aryl methyl sites for hydroxylation is 1. The van der Waals surface area contributed by atoms with E-state index >= 15 is 0 Å². The number of benzene rings is 2. The molecular formula is C24H27N3O3. The van der Waals surface area contributed by atoms with Gasteiger partial charge in [0, 0.05) is 13.0 Å². The van der Waals surface area contributed by atoms with Crippen molar-refractivity contribution in [3.05, 3.63) is 77.4 Å². The van der Waals surface area contributed by atoms with Crippen molar-refractivity contribution >= 4 is 5.91 Å². The van der Waals surface area contributed by atoms with E-state index in [4.69, 9.17) is 9.26 Å². The first-order valence-electron chi connectivity index (χ1n) is 10.5. The number of amides is 1. The molecule has 4 rings (SSSR count). The summed E-state index contributed by atoms with van der Waals surface area (Å²) >= 11 is 0. The van der Waals surface area contributed by atoms with E-state index in [9.17, 15) is 4.79 Å². The van der Waals surface area contributed by atoms with Gasteiger partial charge in [-0.3, -0.25) is 4.79 Å². The third-order valence-corrected chi connectivity index (χ3v) is 5.37. The van der Waals surface area contributed by atoms with Crippen LogP contribution >= 0.6 is 0 Å². The number of likely N-dealkylation sites (tertiary alicyclic amines) is 1. The summed E-state index contributed by atoms with van der Waals surface area (Å²) < 4.78 is 11.3. The molecule has 0 saturated carbocycles. The van der Waals surface area contributed by atoms with Crippen molar-refractivity contribution in [3.8, 4) is 5.75 Å². The Labute approximate surface area is 176 Å². The van der Waals surface area contributed by atoms with Crippen LogP contribution in [0.15, 0.2) is 59.1 Å². The van der Waals surface area contributed by atoms with Crippen molar-refractivity contribution in [1.82, 2.24) is 15.0 Å². The summed E-state index contributed by atoms with van der Waals surface area (Å²) in [5.74, 6) is 2.08. The zero-order valence-corrected chi connectivity index (χ0v) is 17.3. The lowest BCUT2D eigenvalue weighted by atomic mass is 10.0. The number of piperidine rings is 1. The highest BCUT2D eigenvalue weighted by atomic mass is 16.5. The van der Waals surface area contributed by atoms with Gasteiger partial charge in [-0.25, -0.2) is 0 Å². The molecule has 1 aliphatic heterocycles. The van der Waals surface area contributed by atoms with Crippen LogP contribution in [-0.4, -0.2) is 34.1 Å². The Morgan fingerprint density at radius 3 is 2.87 bits per heavy atom. The first-order chi connectivity index (χ1) is 14.7. The number of carbonyl (C=O) groups excluding carboxylic acids is 1. The zero-order valence-electron chi connectivity index (χ0n) is 17.3. The maximum atomic E-state index is 12.9. The quantitative estimate of drug-likeness (QED) is 0.586. The minimum atomic E-state index is -0.145. The third kappa shape index (κ3) is 5.06. The summed E-state index contributed by atoms with van der Waals surface area (Å²) in [5.41, 5.74) is 2.18. The van der Waals surface area contributed by atoms with Crippen LogP contribution in [0.2, 0.25) is 0 Å². The van der Waals surface area contributed by atoms with Crippen LogP contribution in [0, 0.1) is 6.92 Å². The van der Waals surface area contributed by atoms with E-state index in [1.807, 2.05) is 66.4 Å². The van der Waals surface area contributed by atoms with Crippen LogP contribution in [0.5, 0.6) is 5.75 Å². The summed E-state index contributed by atoms with van der Waals surface area (Å²) in [6, 6.07) is 17.6. The number of rotatable bonds is 7. The Morgan fingerprint density at radius 1 is 1.17 bits per heavy atom. The Balaban J connectivity index is 1.37. The zero-order chi connectivity index (χ0) is 20.8. The molecule has 1 unspecified atom stereocenters. The van der Waals surface area contributed by atoms with Gasteiger partial charge in [-0.15, -0.1) is 0 Å². The first kappa shape index (κ1) is 20.1. The van der Waals surface area contributed by atoms with Gasteiger partial charge in [-0.05, 0) is 49.4 Å². The second-order valence-electron chi connectivity index (χ2n) is 7.72. The molecule has 1 atom stereocenters. The van der Waals surface area contributed by atoms with Crippen LogP contribution in [0.25, 0.3) is 0 Å². The van der Waals surface area contributed by atoms with E-state index in [2.05, 4.69) is 10.1 Å². The van der Waals surface area contributed by atoms with Crippen molar-refractivity contribution < 1.29 is 14.1 Å². The average Bonchev–Trinajstić information content (AvgIpc) is 3.23. The predicted molar refractivity (Wildman–Crippen MR) is 113 cm³/mol. The topological polar surface area (TPSA) is 68.5 Å². The molecule has 0 N–H and O–H groups in total. The molecule has 1 aromatic heterocycles. The second kappa shape index (κ2) is 9.57. The Hall–Kier alpha value is -3.15. The molecule has 0 radical (unpaired) electrons. The van der Waals surface area contributed by atoms with Gasteiger partial charge in [0.25, 0.3) is 0 Å². The van der Waals surface area contributed by atoms with Crippen LogP contribution in [0.1, 0.15) is 48.1 Å². The third-order valence-electron chi connectivity index (χ3n) is 5.37. The van der Waals surface area contributed by atoms with Gasteiger partial charge in [0.2, 0.25) is 11.8 Å². The average molecular weight is 405 g/mol. The summed E-state index contributed by atoms with van der Waals surface area (Å²) in [7, 11) is 0. The Bertz CT molecular complexity index is 971. The number of aromatic nitrogens is 2. The lowest BCUT2D eigenvalue weighted by molar-refractivity contribution is -0.135. The van der Waals surface area contributed by atoms with Gasteiger partial charge in [-0.2, -0.15) is 4.98 Å². The van der Waals surface area contributed by atoms with Crippen molar-refractivity contribution in [2.24, 2.45) is 0 Å². The van der Waals surface area contributed by atoms with Gasteiger partial charge < -0.3 is 14.2 Å². The van der Waals surface area contributed by atoms with Crippen LogP contribution in [-0.2, 0) is 17.6 Å². The lowest BCUT2D eigenvalue weighted by Gasteiger charge is -2.33. The van der Waals surface area contributed by atoms with Crippen LogP contribution < -0.4 is 4.74 Å². The molecule has 2 aromatic carbocycles. The minimum absolute atomic E-state index is 0.105. The van der Waals surface area contributed by atoms with Crippen LogP contribution in [0.4, 0.5) is 0 Å². The summed E-state index contributed by atoms with van der Waals surface area (Å²) in [5, 5.41) is 4.11.